The van der Waals surface area contributed by atoms with Gasteiger partial charge in [-0.05, 0) is 32.9 Å². The minimum Gasteiger partial charge on any atom is -0.473 e. The molecular weight excluding hydrogens is 256 g/mol. The van der Waals surface area contributed by atoms with Crippen LogP contribution in [0.15, 0.2) is 22.7 Å². The summed E-state index contributed by atoms with van der Waals surface area (Å²) in [6.45, 7) is 6.35. The van der Waals surface area contributed by atoms with Crippen LogP contribution in [0.3, 0.4) is 0 Å². The average Bonchev–Trinajstić information content (AvgIpc) is 2.77. The second-order valence-corrected chi connectivity index (χ2v) is 5.02. The predicted octanol–water partition coefficient (Wildman–Crippen LogP) is 2.38. The molecular formula is C14H20N4O2. The molecule has 0 aliphatic carbocycles. The van der Waals surface area contributed by atoms with Crippen molar-refractivity contribution in [1.82, 2.24) is 10.1 Å². The molecule has 0 fully saturated rings. The van der Waals surface area contributed by atoms with E-state index < -0.39 is 0 Å². The lowest BCUT2D eigenvalue weighted by molar-refractivity contribution is 0.234. The Morgan fingerprint density at radius 3 is 2.75 bits per heavy atom. The van der Waals surface area contributed by atoms with Crippen LogP contribution in [0.25, 0.3) is 0 Å². The fourth-order valence-corrected chi connectivity index (χ4v) is 1.79. The molecule has 0 aliphatic heterocycles. The molecule has 0 aromatic carbocycles. The number of anilines is 2. The number of nitrogens with two attached hydrogens (primary N) is 1. The van der Waals surface area contributed by atoms with Crippen LogP contribution in [0.4, 0.5) is 11.5 Å². The minimum atomic E-state index is 0.0311. The molecule has 0 amide bonds. The molecule has 6 heteroatoms. The summed E-state index contributed by atoms with van der Waals surface area (Å²) in [4.78, 5) is 6.40. The third-order valence-corrected chi connectivity index (χ3v) is 2.69. The first kappa shape index (κ1) is 14.2. The zero-order valence-electron chi connectivity index (χ0n) is 12.3. The monoisotopic (exact) mass is 276 g/mol. The lowest BCUT2D eigenvalue weighted by Crippen LogP contribution is -2.19. The van der Waals surface area contributed by atoms with Crippen LogP contribution in [0, 0.1) is 6.92 Å². The van der Waals surface area contributed by atoms with Gasteiger partial charge >= 0.3 is 0 Å². The van der Waals surface area contributed by atoms with Gasteiger partial charge in [-0.1, -0.05) is 5.16 Å². The number of hydrogen-bond donors (Lipinski definition) is 1. The molecule has 0 saturated carbocycles. The first-order valence-corrected chi connectivity index (χ1v) is 6.52. The normalized spacial score (nSPS) is 10.8. The molecule has 0 unspecified atom stereocenters. The molecule has 0 radical (unpaired) electrons. The van der Waals surface area contributed by atoms with Crippen LogP contribution in [0.2, 0.25) is 0 Å². The van der Waals surface area contributed by atoms with Crippen molar-refractivity contribution in [3.8, 4) is 5.88 Å². The van der Waals surface area contributed by atoms with Gasteiger partial charge in [-0.2, -0.15) is 4.98 Å². The Hall–Kier alpha value is -2.24. The van der Waals surface area contributed by atoms with Gasteiger partial charge in [-0.25, -0.2) is 0 Å². The SMILES string of the molecule is Cc1cc(CN(C)c2ccc(N)c(OC(C)C)n2)no1. The standard InChI is InChI=1S/C14H20N4O2/c1-9(2)19-14-12(15)5-6-13(16-14)18(4)8-11-7-10(3)20-17-11/h5-7,9H,8,15H2,1-4H3. The van der Waals surface area contributed by atoms with E-state index in [9.17, 15) is 0 Å². The highest BCUT2D eigenvalue weighted by Crippen LogP contribution is 2.24. The maximum absolute atomic E-state index is 5.86. The average molecular weight is 276 g/mol. The maximum atomic E-state index is 5.86. The highest BCUT2D eigenvalue weighted by atomic mass is 16.5. The Morgan fingerprint density at radius 2 is 2.15 bits per heavy atom. The summed E-state index contributed by atoms with van der Waals surface area (Å²) in [5, 5.41) is 3.97. The first-order chi connectivity index (χ1) is 9.45. The zero-order chi connectivity index (χ0) is 14.7. The van der Waals surface area contributed by atoms with Crippen molar-refractivity contribution in [2.24, 2.45) is 0 Å². The topological polar surface area (TPSA) is 77.4 Å². The molecule has 2 rings (SSSR count). The Balaban J connectivity index is 2.15. The van der Waals surface area contributed by atoms with Crippen molar-refractivity contribution >= 4 is 11.5 Å². The summed E-state index contributed by atoms with van der Waals surface area (Å²) in [5.41, 5.74) is 7.25. The highest BCUT2D eigenvalue weighted by molar-refractivity contribution is 5.54. The maximum Gasteiger partial charge on any atom is 0.239 e. The van der Waals surface area contributed by atoms with Crippen molar-refractivity contribution in [1.29, 1.82) is 0 Å². The summed E-state index contributed by atoms with van der Waals surface area (Å²) >= 11 is 0. The van der Waals surface area contributed by atoms with Crippen molar-refractivity contribution in [2.45, 2.75) is 33.4 Å². The molecule has 2 aromatic heterocycles. The van der Waals surface area contributed by atoms with Gasteiger partial charge in [0.2, 0.25) is 5.88 Å². The number of nitrogen functional groups attached to an aromatic ring is 1. The molecule has 6 nitrogen and oxygen atoms in total. The van der Waals surface area contributed by atoms with Gasteiger partial charge in [0.1, 0.15) is 17.3 Å². The van der Waals surface area contributed by atoms with Crippen molar-refractivity contribution in [2.75, 3.05) is 17.7 Å². The van der Waals surface area contributed by atoms with Gasteiger partial charge in [-0.15, -0.1) is 0 Å². The van der Waals surface area contributed by atoms with Crippen LogP contribution in [-0.4, -0.2) is 23.3 Å². The summed E-state index contributed by atoms with van der Waals surface area (Å²) in [5.74, 6) is 2.03. The van der Waals surface area contributed by atoms with Crippen LogP contribution in [0.5, 0.6) is 5.88 Å². The van der Waals surface area contributed by atoms with Crippen molar-refractivity contribution < 1.29 is 9.26 Å². The zero-order valence-corrected chi connectivity index (χ0v) is 12.3. The predicted molar refractivity (Wildman–Crippen MR) is 77.8 cm³/mol. The number of rotatable bonds is 5. The number of aryl methyl sites for hydroxylation is 1. The number of pyridine rings is 1. The van der Waals surface area contributed by atoms with E-state index in [0.717, 1.165) is 17.3 Å². The first-order valence-electron chi connectivity index (χ1n) is 6.52. The third-order valence-electron chi connectivity index (χ3n) is 2.69. The van der Waals surface area contributed by atoms with E-state index in [4.69, 9.17) is 15.0 Å². The van der Waals surface area contributed by atoms with Crippen molar-refractivity contribution in [3.63, 3.8) is 0 Å². The Labute approximate surface area is 118 Å². The van der Waals surface area contributed by atoms with E-state index in [2.05, 4.69) is 10.1 Å². The van der Waals surface area contributed by atoms with Gasteiger partial charge in [0, 0.05) is 13.1 Å². The van der Waals surface area contributed by atoms with E-state index >= 15 is 0 Å². The lowest BCUT2D eigenvalue weighted by atomic mass is 10.3. The smallest absolute Gasteiger partial charge is 0.239 e. The Bertz CT molecular complexity index is 580. The Morgan fingerprint density at radius 1 is 1.40 bits per heavy atom. The van der Waals surface area contributed by atoms with Crippen LogP contribution < -0.4 is 15.4 Å². The minimum absolute atomic E-state index is 0.0311. The molecule has 108 valence electrons. The molecule has 0 aliphatic rings. The molecule has 0 bridgehead atoms. The molecule has 0 saturated heterocycles. The van der Waals surface area contributed by atoms with Gasteiger partial charge in [0.25, 0.3) is 0 Å². The molecule has 2 heterocycles. The molecule has 2 aromatic rings. The summed E-state index contributed by atoms with van der Waals surface area (Å²) in [7, 11) is 1.93. The van der Waals surface area contributed by atoms with E-state index in [1.807, 2.05) is 44.9 Å². The van der Waals surface area contributed by atoms with Crippen LogP contribution in [-0.2, 0) is 6.54 Å². The largest absolute Gasteiger partial charge is 0.473 e. The van der Waals surface area contributed by atoms with E-state index in [1.165, 1.54) is 0 Å². The quantitative estimate of drug-likeness (QED) is 0.903. The molecule has 20 heavy (non-hydrogen) atoms. The second kappa shape index (κ2) is 5.81. The summed E-state index contributed by atoms with van der Waals surface area (Å²) in [6.07, 6.45) is 0.0311. The van der Waals surface area contributed by atoms with Gasteiger partial charge in [-0.3, -0.25) is 0 Å². The Kier molecular flexibility index (Phi) is 4.12. The third kappa shape index (κ3) is 3.40. The van der Waals surface area contributed by atoms with Gasteiger partial charge in [0.15, 0.2) is 0 Å². The number of ether oxygens (including phenoxy) is 1. The van der Waals surface area contributed by atoms with Crippen LogP contribution in [0.1, 0.15) is 25.3 Å². The highest BCUT2D eigenvalue weighted by Gasteiger charge is 2.11. The number of aromatic nitrogens is 2. The fraction of sp³-hybridized carbons (Fsp3) is 0.429. The molecule has 2 N–H and O–H groups in total. The van der Waals surface area contributed by atoms with E-state index in [-0.39, 0.29) is 6.10 Å². The summed E-state index contributed by atoms with van der Waals surface area (Å²) in [6, 6.07) is 5.55. The number of nitrogens with zero attached hydrogens (tertiary/aromatic N) is 3. The van der Waals surface area contributed by atoms with E-state index in [1.54, 1.807) is 6.07 Å². The van der Waals surface area contributed by atoms with Crippen LogP contribution >= 0.6 is 0 Å². The van der Waals surface area contributed by atoms with Gasteiger partial charge in [0.05, 0.1) is 18.3 Å². The lowest BCUT2D eigenvalue weighted by Gasteiger charge is -2.19. The number of hydrogen-bond acceptors (Lipinski definition) is 6. The second-order valence-electron chi connectivity index (χ2n) is 5.02. The van der Waals surface area contributed by atoms with Gasteiger partial charge < -0.3 is 19.9 Å². The van der Waals surface area contributed by atoms with Crippen molar-refractivity contribution in [3.05, 3.63) is 29.7 Å². The van der Waals surface area contributed by atoms with E-state index in [0.29, 0.717) is 18.1 Å². The summed E-state index contributed by atoms with van der Waals surface area (Å²) < 4.78 is 10.6. The fourth-order valence-electron chi connectivity index (χ4n) is 1.79. The molecule has 0 spiro atoms. The molecule has 0 atom stereocenters.